The fourth-order valence-electron chi connectivity index (χ4n) is 1.52. The van der Waals surface area contributed by atoms with Gasteiger partial charge in [0.2, 0.25) is 0 Å². The highest BCUT2D eigenvalue weighted by atomic mass is 127. The van der Waals surface area contributed by atoms with Crippen LogP contribution in [0.5, 0.6) is 0 Å². The summed E-state index contributed by atoms with van der Waals surface area (Å²) in [6.07, 6.45) is 0.829. The predicted octanol–water partition coefficient (Wildman–Crippen LogP) is 3.09. The van der Waals surface area contributed by atoms with Crippen molar-refractivity contribution in [3.05, 3.63) is 33.4 Å². The molecule has 0 fully saturated rings. The van der Waals surface area contributed by atoms with Gasteiger partial charge >= 0.3 is 0 Å². The highest BCUT2D eigenvalue weighted by molar-refractivity contribution is 14.1. The van der Waals surface area contributed by atoms with Gasteiger partial charge < -0.3 is 10.3 Å². The van der Waals surface area contributed by atoms with Gasteiger partial charge in [-0.2, -0.15) is 0 Å². The molecule has 0 aliphatic rings. The topological polar surface area (TPSA) is 52.0 Å². The van der Waals surface area contributed by atoms with Gasteiger partial charge in [0.25, 0.3) is 0 Å². The van der Waals surface area contributed by atoms with Gasteiger partial charge in [0.15, 0.2) is 11.6 Å². The van der Waals surface area contributed by atoms with Crippen molar-refractivity contribution in [3.8, 4) is 11.3 Å². The van der Waals surface area contributed by atoms with Crippen molar-refractivity contribution in [2.75, 3.05) is 5.73 Å². The molecule has 2 N–H and O–H groups in total. The van der Waals surface area contributed by atoms with E-state index in [0.717, 1.165) is 26.9 Å². The molecule has 0 saturated heterocycles. The van der Waals surface area contributed by atoms with Gasteiger partial charge in [-0.25, -0.2) is 0 Å². The van der Waals surface area contributed by atoms with Gasteiger partial charge in [0, 0.05) is 14.7 Å². The molecule has 0 aliphatic heterocycles. The molecule has 0 spiro atoms. The minimum Gasteiger partial charge on any atom is -0.381 e. The smallest absolute Gasteiger partial charge is 0.173 e. The summed E-state index contributed by atoms with van der Waals surface area (Å²) in [5.41, 5.74) is 7.77. The molecule has 0 radical (unpaired) electrons. The number of aromatic nitrogens is 1. The Bertz CT molecular complexity index is 479. The molecule has 0 saturated carbocycles. The quantitative estimate of drug-likeness (QED) is 0.867. The van der Waals surface area contributed by atoms with Crippen LogP contribution >= 0.6 is 22.6 Å². The van der Waals surface area contributed by atoms with E-state index in [9.17, 15) is 0 Å². The lowest BCUT2D eigenvalue weighted by atomic mass is 10.1. The molecule has 78 valence electrons. The third-order valence-electron chi connectivity index (χ3n) is 2.29. The van der Waals surface area contributed by atoms with Gasteiger partial charge in [0.1, 0.15) is 0 Å². The van der Waals surface area contributed by atoms with Crippen molar-refractivity contribution in [1.29, 1.82) is 0 Å². The van der Waals surface area contributed by atoms with E-state index in [2.05, 4.69) is 27.7 Å². The summed E-state index contributed by atoms with van der Waals surface area (Å²) in [5, 5.41) is 3.80. The zero-order valence-corrected chi connectivity index (χ0v) is 10.5. The molecule has 3 nitrogen and oxygen atoms in total. The van der Waals surface area contributed by atoms with Crippen molar-refractivity contribution in [2.45, 2.75) is 13.3 Å². The Morgan fingerprint density at radius 2 is 2.13 bits per heavy atom. The van der Waals surface area contributed by atoms with Crippen LogP contribution in [-0.2, 0) is 6.42 Å². The van der Waals surface area contributed by atoms with Crippen LogP contribution in [-0.4, -0.2) is 5.16 Å². The fraction of sp³-hybridized carbons (Fsp3) is 0.182. The molecule has 15 heavy (non-hydrogen) atoms. The van der Waals surface area contributed by atoms with Gasteiger partial charge in [-0.15, -0.1) is 0 Å². The minimum atomic E-state index is 0.493. The number of anilines is 1. The van der Waals surface area contributed by atoms with Crippen LogP contribution in [0.2, 0.25) is 0 Å². The Balaban J connectivity index is 2.59. The number of benzene rings is 1. The number of halogens is 1. The lowest BCUT2D eigenvalue weighted by molar-refractivity contribution is 0.435. The standard InChI is InChI=1S/C11H11IN2O/c1-2-7-10(15-14-11(7)13)8-5-3-4-6-9(8)12/h3-6H,2H2,1H3,(H2,13,14). The highest BCUT2D eigenvalue weighted by Crippen LogP contribution is 2.31. The van der Waals surface area contributed by atoms with E-state index in [-0.39, 0.29) is 0 Å². The van der Waals surface area contributed by atoms with Crippen LogP contribution in [0.15, 0.2) is 28.8 Å². The highest BCUT2D eigenvalue weighted by Gasteiger charge is 2.15. The number of rotatable bonds is 2. The molecule has 1 aromatic heterocycles. The molecular formula is C11H11IN2O. The number of nitrogens with zero attached hydrogens (tertiary/aromatic N) is 1. The monoisotopic (exact) mass is 314 g/mol. The van der Waals surface area contributed by atoms with Gasteiger partial charge in [0.05, 0.1) is 0 Å². The molecule has 1 aromatic carbocycles. The first kappa shape index (κ1) is 10.5. The third kappa shape index (κ3) is 1.86. The number of hydrogen-bond acceptors (Lipinski definition) is 3. The van der Waals surface area contributed by atoms with Crippen LogP contribution in [0.3, 0.4) is 0 Å². The molecule has 0 unspecified atom stereocenters. The van der Waals surface area contributed by atoms with E-state index in [0.29, 0.717) is 5.82 Å². The van der Waals surface area contributed by atoms with Crippen molar-refractivity contribution < 1.29 is 4.52 Å². The summed E-state index contributed by atoms with van der Waals surface area (Å²) in [6, 6.07) is 8.03. The first-order valence-corrected chi connectivity index (χ1v) is 5.80. The molecule has 2 rings (SSSR count). The average molecular weight is 314 g/mol. The molecule has 0 bridgehead atoms. The van der Waals surface area contributed by atoms with E-state index in [4.69, 9.17) is 10.3 Å². The Labute approximate surface area is 102 Å². The van der Waals surface area contributed by atoms with Crippen molar-refractivity contribution in [2.24, 2.45) is 0 Å². The zero-order valence-electron chi connectivity index (χ0n) is 8.33. The Morgan fingerprint density at radius 3 is 2.80 bits per heavy atom. The minimum absolute atomic E-state index is 0.493. The van der Waals surface area contributed by atoms with Crippen molar-refractivity contribution in [1.82, 2.24) is 5.16 Å². The lowest BCUT2D eigenvalue weighted by Gasteiger charge is -2.01. The molecule has 1 heterocycles. The number of nitrogens with two attached hydrogens (primary N) is 1. The molecule has 0 amide bonds. The summed E-state index contributed by atoms with van der Waals surface area (Å²) >= 11 is 2.28. The van der Waals surface area contributed by atoms with E-state index < -0.39 is 0 Å². The maximum absolute atomic E-state index is 5.73. The Hall–Kier alpha value is -1.04. The average Bonchev–Trinajstić information content (AvgIpc) is 2.60. The molecule has 2 aromatic rings. The summed E-state index contributed by atoms with van der Waals surface area (Å²) < 4.78 is 6.41. The maximum atomic E-state index is 5.73. The van der Waals surface area contributed by atoms with Crippen molar-refractivity contribution in [3.63, 3.8) is 0 Å². The lowest BCUT2D eigenvalue weighted by Crippen LogP contribution is -1.91. The van der Waals surface area contributed by atoms with Crippen LogP contribution < -0.4 is 5.73 Å². The second-order valence-corrected chi connectivity index (χ2v) is 4.37. The molecule has 4 heteroatoms. The Kier molecular flexibility index (Phi) is 2.95. The second kappa shape index (κ2) is 4.22. The SMILES string of the molecule is CCc1c(N)noc1-c1ccccc1I. The summed E-state index contributed by atoms with van der Waals surface area (Å²) in [5.74, 6) is 1.28. The van der Waals surface area contributed by atoms with Crippen LogP contribution in [0.1, 0.15) is 12.5 Å². The van der Waals surface area contributed by atoms with Crippen molar-refractivity contribution >= 4 is 28.4 Å². The van der Waals surface area contributed by atoms with E-state index in [1.165, 1.54) is 0 Å². The van der Waals surface area contributed by atoms with Crippen LogP contribution in [0, 0.1) is 3.57 Å². The maximum Gasteiger partial charge on any atom is 0.173 e. The molecular weight excluding hydrogens is 303 g/mol. The summed E-state index contributed by atoms with van der Waals surface area (Å²) in [7, 11) is 0. The Morgan fingerprint density at radius 1 is 1.40 bits per heavy atom. The van der Waals surface area contributed by atoms with Gasteiger partial charge in [-0.1, -0.05) is 30.3 Å². The van der Waals surface area contributed by atoms with Gasteiger partial charge in [-0.3, -0.25) is 0 Å². The second-order valence-electron chi connectivity index (χ2n) is 3.21. The summed E-state index contributed by atoms with van der Waals surface area (Å²) in [4.78, 5) is 0. The molecule has 0 atom stereocenters. The number of nitrogen functional groups attached to an aromatic ring is 1. The third-order valence-corrected chi connectivity index (χ3v) is 3.23. The summed E-state index contributed by atoms with van der Waals surface area (Å²) in [6.45, 7) is 2.04. The molecule has 0 aliphatic carbocycles. The fourth-order valence-corrected chi connectivity index (χ4v) is 2.15. The van der Waals surface area contributed by atoms with Crippen LogP contribution in [0.25, 0.3) is 11.3 Å². The normalized spacial score (nSPS) is 10.5. The van der Waals surface area contributed by atoms with Gasteiger partial charge in [-0.05, 0) is 35.1 Å². The first-order chi connectivity index (χ1) is 7.24. The van der Waals surface area contributed by atoms with E-state index >= 15 is 0 Å². The number of hydrogen-bond donors (Lipinski definition) is 1. The largest absolute Gasteiger partial charge is 0.381 e. The van der Waals surface area contributed by atoms with E-state index in [1.807, 2.05) is 31.2 Å². The predicted molar refractivity (Wildman–Crippen MR) is 68.4 cm³/mol. The first-order valence-electron chi connectivity index (χ1n) is 4.73. The van der Waals surface area contributed by atoms with E-state index in [1.54, 1.807) is 0 Å². The van der Waals surface area contributed by atoms with Crippen LogP contribution in [0.4, 0.5) is 5.82 Å². The zero-order chi connectivity index (χ0) is 10.8.